The zero-order chi connectivity index (χ0) is 27.2. The van der Waals surface area contributed by atoms with Gasteiger partial charge in [-0.1, -0.05) is 49.6 Å². The summed E-state index contributed by atoms with van der Waals surface area (Å²) in [6.07, 6.45) is 8.04. The summed E-state index contributed by atoms with van der Waals surface area (Å²) in [5, 5.41) is 1.41. The van der Waals surface area contributed by atoms with E-state index >= 15 is 0 Å². The van der Waals surface area contributed by atoms with Gasteiger partial charge in [0, 0.05) is 41.2 Å². The minimum Gasteiger partial charge on any atom is -0.336 e. The average Bonchev–Trinajstić information content (AvgIpc) is 3.35. The van der Waals surface area contributed by atoms with E-state index in [2.05, 4.69) is 10.9 Å². The molecule has 0 saturated carbocycles. The fourth-order valence-electron chi connectivity index (χ4n) is 5.30. The van der Waals surface area contributed by atoms with Gasteiger partial charge in [-0.2, -0.15) is 0 Å². The topological polar surface area (TPSA) is 84.1 Å². The number of fused-ring (bicyclic) bond motifs is 2. The molecule has 1 aliphatic rings. The van der Waals surface area contributed by atoms with Crippen molar-refractivity contribution in [3.8, 4) is 12.3 Å². The molecule has 0 fully saturated rings. The number of anilines is 1. The van der Waals surface area contributed by atoms with Crippen LogP contribution in [0.2, 0.25) is 5.02 Å². The summed E-state index contributed by atoms with van der Waals surface area (Å²) in [5.74, 6) is 2.06. The number of pyridine rings is 1. The molecule has 8 heteroatoms. The Morgan fingerprint density at radius 1 is 1.24 bits per heavy atom. The van der Waals surface area contributed by atoms with E-state index in [1.807, 2.05) is 36.7 Å². The number of nitrogens with two attached hydrogens (primary N) is 1. The van der Waals surface area contributed by atoms with Gasteiger partial charge in [0.1, 0.15) is 5.82 Å². The van der Waals surface area contributed by atoms with E-state index in [1.54, 1.807) is 29.2 Å². The van der Waals surface area contributed by atoms with Gasteiger partial charge in [-0.15, -0.1) is 6.42 Å². The summed E-state index contributed by atoms with van der Waals surface area (Å²) in [4.78, 5) is 31.3. The number of H-pyrrole nitrogens is 1. The molecule has 2 aromatic carbocycles. The minimum atomic E-state index is -0.842. The fourth-order valence-corrected chi connectivity index (χ4v) is 5.59. The zero-order valence-corrected chi connectivity index (χ0v) is 22.0. The first kappa shape index (κ1) is 25.8. The summed E-state index contributed by atoms with van der Waals surface area (Å²) in [5.41, 5.74) is 10.2. The maximum atomic E-state index is 13.7. The quantitative estimate of drug-likeness (QED) is 0.359. The van der Waals surface area contributed by atoms with Gasteiger partial charge >= 0.3 is 0 Å². The molecule has 0 saturated heterocycles. The number of nitrogens with one attached hydrogen (secondary N) is 1. The molecule has 2 aromatic heterocycles. The van der Waals surface area contributed by atoms with Gasteiger partial charge in [-0.3, -0.25) is 9.59 Å². The van der Waals surface area contributed by atoms with E-state index in [-0.39, 0.29) is 23.7 Å². The lowest BCUT2D eigenvalue weighted by Gasteiger charge is -2.23. The predicted octanol–water partition coefficient (Wildman–Crippen LogP) is 4.54. The molecule has 0 spiro atoms. The predicted molar refractivity (Wildman–Crippen MR) is 149 cm³/mol. The van der Waals surface area contributed by atoms with Gasteiger partial charge in [-0.05, 0) is 47.9 Å². The molecule has 0 unspecified atom stereocenters. The Hall–Kier alpha value is -3.86. The molecule has 194 valence electrons. The first-order valence-corrected chi connectivity index (χ1v) is 12.7. The fraction of sp³-hybridized carbons (Fsp3) is 0.267. The lowest BCUT2D eigenvalue weighted by atomic mass is 9.91. The largest absolute Gasteiger partial charge is 0.336 e. The first-order valence-electron chi connectivity index (χ1n) is 12.4. The third kappa shape index (κ3) is 4.62. The highest BCUT2D eigenvalue weighted by molar-refractivity contribution is 6.35. The van der Waals surface area contributed by atoms with Crippen molar-refractivity contribution in [3.63, 3.8) is 0 Å². The third-order valence-corrected chi connectivity index (χ3v) is 7.46. The van der Waals surface area contributed by atoms with Crippen molar-refractivity contribution < 1.29 is 9.18 Å². The number of nitrogens with zero attached hydrogens (tertiary/aromatic N) is 2. The molecule has 6 nitrogen and oxygen atoms in total. The van der Waals surface area contributed by atoms with Crippen LogP contribution in [-0.4, -0.2) is 28.0 Å². The van der Waals surface area contributed by atoms with Crippen LogP contribution in [0.25, 0.3) is 10.9 Å². The molecule has 3 N–H and O–H groups in total. The standard InChI is InChI=1S/C30H28ClFN4O2/c1-4-12-35-16-20(26-22(31)6-5-7-24(26)35)14-23(33)29(38)36-17-30(2,3)27-25(36)15-19(28(37)34-27)13-18-8-10-21(32)11-9-18/h1,5-11,15-16,23H,12-14,17,33H2,2-3H3,(H,34,37)/t23-/m0/s1. The van der Waals surface area contributed by atoms with Gasteiger partial charge < -0.3 is 20.2 Å². The van der Waals surface area contributed by atoms with Crippen LogP contribution in [0, 0.1) is 18.2 Å². The van der Waals surface area contributed by atoms with Crippen LogP contribution < -0.4 is 16.2 Å². The highest BCUT2D eigenvalue weighted by Gasteiger charge is 2.41. The number of hydrogen-bond acceptors (Lipinski definition) is 3. The summed E-state index contributed by atoms with van der Waals surface area (Å²) < 4.78 is 15.3. The molecule has 0 aliphatic carbocycles. The lowest BCUT2D eigenvalue weighted by Crippen LogP contribution is -2.46. The second-order valence-electron chi connectivity index (χ2n) is 10.4. The van der Waals surface area contributed by atoms with E-state index in [4.69, 9.17) is 23.8 Å². The number of carbonyl (C=O) groups is 1. The van der Waals surface area contributed by atoms with E-state index in [9.17, 15) is 14.0 Å². The van der Waals surface area contributed by atoms with Crippen LogP contribution in [0.15, 0.2) is 59.5 Å². The third-order valence-electron chi connectivity index (χ3n) is 7.14. The molecular formula is C30H28ClFN4O2. The number of hydrogen-bond donors (Lipinski definition) is 2. The number of benzene rings is 2. The van der Waals surface area contributed by atoms with Crippen molar-refractivity contribution in [1.29, 1.82) is 0 Å². The second kappa shape index (κ2) is 9.79. The highest BCUT2D eigenvalue weighted by atomic mass is 35.5. The number of amides is 1. The van der Waals surface area contributed by atoms with E-state index in [0.29, 0.717) is 41.5 Å². The van der Waals surface area contributed by atoms with Crippen molar-refractivity contribution in [3.05, 3.63) is 98.3 Å². The maximum Gasteiger partial charge on any atom is 0.251 e. The van der Waals surface area contributed by atoms with Crippen molar-refractivity contribution in [2.75, 3.05) is 11.4 Å². The number of rotatable bonds is 6. The van der Waals surface area contributed by atoms with Crippen LogP contribution in [0.4, 0.5) is 10.1 Å². The van der Waals surface area contributed by atoms with Crippen molar-refractivity contribution in [1.82, 2.24) is 9.55 Å². The highest BCUT2D eigenvalue weighted by Crippen LogP contribution is 2.39. The average molecular weight is 531 g/mol. The Bertz CT molecular complexity index is 1650. The lowest BCUT2D eigenvalue weighted by molar-refractivity contribution is -0.119. The van der Waals surface area contributed by atoms with Gasteiger partial charge in [0.25, 0.3) is 5.56 Å². The Labute approximate surface area is 225 Å². The minimum absolute atomic E-state index is 0.226. The van der Waals surface area contributed by atoms with Crippen LogP contribution >= 0.6 is 11.6 Å². The smallest absolute Gasteiger partial charge is 0.251 e. The van der Waals surface area contributed by atoms with Gasteiger partial charge in [-0.25, -0.2) is 4.39 Å². The van der Waals surface area contributed by atoms with Gasteiger partial charge in [0.2, 0.25) is 5.91 Å². The van der Waals surface area contributed by atoms with Crippen molar-refractivity contribution >= 4 is 34.1 Å². The molecule has 4 aromatic rings. The maximum absolute atomic E-state index is 13.7. The van der Waals surface area contributed by atoms with Gasteiger partial charge in [0.15, 0.2) is 0 Å². The Kier molecular flexibility index (Phi) is 6.64. The van der Waals surface area contributed by atoms with Crippen LogP contribution in [0.3, 0.4) is 0 Å². The summed E-state index contributed by atoms with van der Waals surface area (Å²) in [6, 6.07) is 12.5. The Morgan fingerprint density at radius 3 is 2.68 bits per heavy atom. The van der Waals surface area contributed by atoms with Crippen molar-refractivity contribution in [2.45, 2.75) is 44.7 Å². The zero-order valence-electron chi connectivity index (χ0n) is 21.2. The molecule has 0 bridgehead atoms. The SMILES string of the molecule is C#CCn1cc(C[C@H](N)C(=O)N2CC(C)(C)c3[nH]c(=O)c(Cc4ccc(F)cc4)cc32)c2c(Cl)cccc21. The Balaban J connectivity index is 1.46. The molecule has 3 heterocycles. The summed E-state index contributed by atoms with van der Waals surface area (Å²) >= 11 is 6.52. The molecule has 1 amide bonds. The monoisotopic (exact) mass is 530 g/mol. The van der Waals surface area contributed by atoms with Crippen molar-refractivity contribution in [2.24, 2.45) is 5.73 Å². The van der Waals surface area contributed by atoms with Gasteiger partial charge in [0.05, 0.1) is 28.8 Å². The molecule has 38 heavy (non-hydrogen) atoms. The summed E-state index contributed by atoms with van der Waals surface area (Å²) in [7, 11) is 0. The first-order chi connectivity index (χ1) is 18.1. The molecular weight excluding hydrogens is 503 g/mol. The number of aromatic nitrogens is 2. The normalized spacial score (nSPS) is 14.9. The van der Waals surface area contributed by atoms with E-state index < -0.39 is 11.5 Å². The molecule has 1 aliphatic heterocycles. The molecule has 1 atom stereocenters. The second-order valence-corrected chi connectivity index (χ2v) is 10.8. The van der Waals surface area contributed by atoms with E-state index in [0.717, 1.165) is 22.0 Å². The van der Waals surface area contributed by atoms with Crippen LogP contribution in [-0.2, 0) is 29.6 Å². The number of aromatic amines is 1. The molecule has 5 rings (SSSR count). The summed E-state index contributed by atoms with van der Waals surface area (Å²) in [6.45, 7) is 4.71. The van der Waals surface area contributed by atoms with Crippen LogP contribution in [0.5, 0.6) is 0 Å². The number of carbonyl (C=O) groups excluding carboxylic acids is 1. The molecule has 0 radical (unpaired) electrons. The Morgan fingerprint density at radius 2 is 1.97 bits per heavy atom. The van der Waals surface area contributed by atoms with Crippen LogP contribution in [0.1, 0.15) is 36.2 Å². The number of terminal acetylenes is 1. The van der Waals surface area contributed by atoms with E-state index in [1.165, 1.54) is 12.1 Å². The number of halogens is 2.